The minimum absolute atomic E-state index is 0.0745. The fourth-order valence-electron chi connectivity index (χ4n) is 2.88. The predicted octanol–water partition coefficient (Wildman–Crippen LogP) is 3.71. The fourth-order valence-corrected chi connectivity index (χ4v) is 3.19. The molecule has 0 heterocycles. The molecule has 2 nitrogen and oxygen atoms in total. The second-order valence-corrected chi connectivity index (χ2v) is 5.49. The molecule has 3 heteroatoms. The molecule has 2 rings (SSSR count). The Morgan fingerprint density at radius 3 is 2.72 bits per heavy atom. The van der Waals surface area contributed by atoms with Gasteiger partial charge in [-0.05, 0) is 42.9 Å². The van der Waals surface area contributed by atoms with E-state index in [4.69, 9.17) is 16.3 Å². The van der Waals surface area contributed by atoms with E-state index in [1.165, 1.54) is 30.4 Å². The van der Waals surface area contributed by atoms with Crippen molar-refractivity contribution in [2.45, 2.75) is 44.9 Å². The Labute approximate surface area is 114 Å². The largest absolute Gasteiger partial charge is 0.495 e. The molecule has 1 atom stereocenters. The summed E-state index contributed by atoms with van der Waals surface area (Å²) in [6, 6.07) is 2.05. The third-order valence-corrected chi connectivity index (χ3v) is 4.10. The second-order valence-electron chi connectivity index (χ2n) is 5.09. The average molecular weight is 269 g/mol. The van der Waals surface area contributed by atoms with Crippen LogP contribution in [0.15, 0.2) is 6.07 Å². The lowest BCUT2D eigenvalue weighted by Crippen LogP contribution is -2.09. The lowest BCUT2D eigenvalue weighted by Gasteiger charge is -2.21. The second kappa shape index (κ2) is 5.94. The highest BCUT2D eigenvalue weighted by Crippen LogP contribution is 2.40. The lowest BCUT2D eigenvalue weighted by atomic mass is 9.89. The van der Waals surface area contributed by atoms with Crippen LogP contribution in [0.25, 0.3) is 0 Å². The zero-order valence-corrected chi connectivity index (χ0v) is 11.9. The molecule has 1 unspecified atom stereocenters. The highest BCUT2D eigenvalue weighted by atomic mass is 35.5. The van der Waals surface area contributed by atoms with Gasteiger partial charge in [-0.3, -0.25) is 0 Å². The Bertz CT molecular complexity index is 429. The van der Waals surface area contributed by atoms with E-state index in [0.29, 0.717) is 5.02 Å². The van der Waals surface area contributed by atoms with Crippen LogP contribution < -0.4 is 4.74 Å². The maximum atomic E-state index is 9.47. The van der Waals surface area contributed by atoms with Crippen molar-refractivity contribution in [2.75, 3.05) is 13.7 Å². The van der Waals surface area contributed by atoms with E-state index in [0.717, 1.165) is 24.2 Å². The number of halogens is 1. The SMILES string of the molecule is COc1c(Cl)cc2c(c1C(C)CO)CCCCC2. The van der Waals surface area contributed by atoms with Gasteiger partial charge in [0.05, 0.1) is 12.1 Å². The Morgan fingerprint density at radius 1 is 1.33 bits per heavy atom. The van der Waals surface area contributed by atoms with Crippen LogP contribution in [0.5, 0.6) is 5.75 Å². The maximum Gasteiger partial charge on any atom is 0.141 e. The summed E-state index contributed by atoms with van der Waals surface area (Å²) >= 11 is 6.31. The highest BCUT2D eigenvalue weighted by molar-refractivity contribution is 6.32. The first-order valence-electron chi connectivity index (χ1n) is 6.68. The molecule has 100 valence electrons. The van der Waals surface area contributed by atoms with Crippen molar-refractivity contribution < 1.29 is 9.84 Å². The highest BCUT2D eigenvalue weighted by Gasteiger charge is 2.22. The van der Waals surface area contributed by atoms with Crippen LogP contribution in [0.2, 0.25) is 5.02 Å². The Balaban J connectivity index is 2.60. The summed E-state index contributed by atoms with van der Waals surface area (Å²) in [5.74, 6) is 0.823. The number of aliphatic hydroxyl groups excluding tert-OH is 1. The van der Waals surface area contributed by atoms with Crippen molar-refractivity contribution in [1.82, 2.24) is 0 Å². The van der Waals surface area contributed by atoms with Gasteiger partial charge in [-0.2, -0.15) is 0 Å². The smallest absolute Gasteiger partial charge is 0.141 e. The molecule has 1 N–H and O–H groups in total. The van der Waals surface area contributed by atoms with E-state index in [2.05, 4.69) is 6.07 Å². The number of rotatable bonds is 3. The summed E-state index contributed by atoms with van der Waals surface area (Å²) < 4.78 is 5.46. The van der Waals surface area contributed by atoms with Crippen LogP contribution in [0.4, 0.5) is 0 Å². The van der Waals surface area contributed by atoms with Gasteiger partial charge in [-0.15, -0.1) is 0 Å². The summed E-state index contributed by atoms with van der Waals surface area (Å²) in [4.78, 5) is 0. The van der Waals surface area contributed by atoms with E-state index in [1.807, 2.05) is 6.92 Å². The number of fused-ring (bicyclic) bond motifs is 1. The van der Waals surface area contributed by atoms with Gasteiger partial charge >= 0.3 is 0 Å². The number of aryl methyl sites for hydroxylation is 1. The Hall–Kier alpha value is -0.730. The molecule has 0 aliphatic heterocycles. The molecular weight excluding hydrogens is 248 g/mol. The molecule has 0 aromatic heterocycles. The summed E-state index contributed by atoms with van der Waals surface area (Å²) in [7, 11) is 1.65. The van der Waals surface area contributed by atoms with Gasteiger partial charge in [0, 0.05) is 18.1 Å². The van der Waals surface area contributed by atoms with Crippen LogP contribution in [0, 0.1) is 0 Å². The third kappa shape index (κ3) is 2.50. The molecule has 0 radical (unpaired) electrons. The van der Waals surface area contributed by atoms with Crippen LogP contribution >= 0.6 is 11.6 Å². The first-order valence-corrected chi connectivity index (χ1v) is 7.05. The number of hydrogen-bond donors (Lipinski definition) is 1. The molecule has 0 spiro atoms. The van der Waals surface area contributed by atoms with Gasteiger partial charge in [0.1, 0.15) is 5.75 Å². The molecule has 18 heavy (non-hydrogen) atoms. The first kappa shape index (κ1) is 13.7. The quantitative estimate of drug-likeness (QED) is 0.847. The minimum atomic E-state index is 0.0745. The van der Waals surface area contributed by atoms with E-state index in [9.17, 15) is 5.11 Å². The average Bonchev–Trinajstić information content (AvgIpc) is 2.61. The molecule has 0 saturated carbocycles. The van der Waals surface area contributed by atoms with Gasteiger partial charge in [0.25, 0.3) is 0 Å². The Kier molecular flexibility index (Phi) is 4.52. The molecule has 1 aliphatic rings. The molecule has 0 fully saturated rings. The molecule has 1 aliphatic carbocycles. The number of benzene rings is 1. The monoisotopic (exact) mass is 268 g/mol. The van der Waals surface area contributed by atoms with Crippen LogP contribution in [0.3, 0.4) is 0 Å². The van der Waals surface area contributed by atoms with Gasteiger partial charge in [0.15, 0.2) is 0 Å². The molecule has 1 aromatic rings. The van der Waals surface area contributed by atoms with Gasteiger partial charge in [-0.1, -0.05) is 24.9 Å². The summed E-state index contributed by atoms with van der Waals surface area (Å²) in [5, 5.41) is 10.1. The van der Waals surface area contributed by atoms with E-state index >= 15 is 0 Å². The number of aliphatic hydroxyl groups is 1. The van der Waals surface area contributed by atoms with Crippen molar-refractivity contribution in [1.29, 1.82) is 0 Å². The third-order valence-electron chi connectivity index (χ3n) is 3.82. The molecule has 1 aromatic carbocycles. The van der Waals surface area contributed by atoms with Crippen molar-refractivity contribution in [3.8, 4) is 5.75 Å². The van der Waals surface area contributed by atoms with Crippen molar-refractivity contribution in [3.05, 3.63) is 27.8 Å². The van der Waals surface area contributed by atoms with Crippen LogP contribution in [-0.2, 0) is 12.8 Å². The topological polar surface area (TPSA) is 29.5 Å². The van der Waals surface area contributed by atoms with Gasteiger partial charge in [-0.25, -0.2) is 0 Å². The van der Waals surface area contributed by atoms with E-state index < -0.39 is 0 Å². The van der Waals surface area contributed by atoms with Crippen LogP contribution in [-0.4, -0.2) is 18.8 Å². The normalized spacial score (nSPS) is 16.9. The zero-order chi connectivity index (χ0) is 13.1. The van der Waals surface area contributed by atoms with E-state index in [-0.39, 0.29) is 12.5 Å². The molecule has 0 amide bonds. The zero-order valence-electron chi connectivity index (χ0n) is 11.1. The first-order chi connectivity index (χ1) is 8.69. The molecular formula is C15H21ClO2. The fraction of sp³-hybridized carbons (Fsp3) is 0.600. The number of ether oxygens (including phenoxy) is 1. The molecule has 0 bridgehead atoms. The Morgan fingerprint density at radius 2 is 2.06 bits per heavy atom. The van der Waals surface area contributed by atoms with Crippen molar-refractivity contribution in [2.24, 2.45) is 0 Å². The minimum Gasteiger partial charge on any atom is -0.495 e. The number of hydrogen-bond acceptors (Lipinski definition) is 2. The summed E-state index contributed by atoms with van der Waals surface area (Å²) in [5.41, 5.74) is 3.81. The molecule has 0 saturated heterocycles. The maximum absolute atomic E-state index is 9.47. The van der Waals surface area contributed by atoms with Gasteiger partial charge in [0.2, 0.25) is 0 Å². The van der Waals surface area contributed by atoms with Crippen LogP contribution in [0.1, 0.15) is 48.8 Å². The standard InChI is InChI=1S/C15H21ClO2/c1-10(9-17)14-12-7-5-3-4-6-11(12)8-13(16)15(14)18-2/h8,10,17H,3-7,9H2,1-2H3. The van der Waals surface area contributed by atoms with Crippen molar-refractivity contribution >= 4 is 11.6 Å². The van der Waals surface area contributed by atoms with E-state index in [1.54, 1.807) is 7.11 Å². The summed E-state index contributed by atoms with van der Waals surface area (Å²) in [6.45, 7) is 2.16. The van der Waals surface area contributed by atoms with Gasteiger partial charge < -0.3 is 9.84 Å². The van der Waals surface area contributed by atoms with Crippen molar-refractivity contribution in [3.63, 3.8) is 0 Å². The number of methoxy groups -OCH3 is 1. The predicted molar refractivity (Wildman–Crippen MR) is 74.8 cm³/mol. The lowest BCUT2D eigenvalue weighted by molar-refractivity contribution is 0.269. The summed E-state index contributed by atoms with van der Waals surface area (Å²) in [6.07, 6.45) is 5.86.